The van der Waals surface area contributed by atoms with Crippen molar-refractivity contribution in [3.8, 4) is 44.8 Å². The molecule has 0 aliphatic carbocycles. The zero-order chi connectivity index (χ0) is 31.4. The average molecular weight is 602 g/mol. The Labute approximate surface area is 275 Å². The van der Waals surface area contributed by atoms with Gasteiger partial charge >= 0.3 is 0 Å². The Kier molecular flexibility index (Phi) is 7.54. The van der Waals surface area contributed by atoms with Crippen LogP contribution in [-0.2, 0) is 0 Å². The van der Waals surface area contributed by atoms with E-state index in [-0.39, 0.29) is 0 Å². The summed E-state index contributed by atoms with van der Waals surface area (Å²) in [6, 6.07) is 65.6. The highest BCUT2D eigenvalue weighted by atomic mass is 15.1. The van der Waals surface area contributed by atoms with Gasteiger partial charge in [0.2, 0.25) is 0 Å². The molecule has 0 spiro atoms. The van der Waals surface area contributed by atoms with E-state index in [1.54, 1.807) is 0 Å². The molecule has 0 saturated heterocycles. The third-order valence-electron chi connectivity index (χ3n) is 8.48. The Morgan fingerprint density at radius 2 is 0.553 bits per heavy atom. The SMILES string of the molecule is c1ccc(-c2ccc(-c3ccc(N(c4ccccc4)c4ccc(-c5nc6ccccc6nc5-c5ccccc5)cc4)cc3)cc2)cc1. The van der Waals surface area contributed by atoms with Crippen molar-refractivity contribution in [2.24, 2.45) is 0 Å². The first-order chi connectivity index (χ1) is 23.3. The molecule has 3 heteroatoms. The molecular formula is C44H31N3. The molecule has 8 rings (SSSR count). The number of anilines is 3. The quantitative estimate of drug-likeness (QED) is 0.182. The van der Waals surface area contributed by atoms with E-state index < -0.39 is 0 Å². The van der Waals surface area contributed by atoms with Gasteiger partial charge in [-0.15, -0.1) is 0 Å². The van der Waals surface area contributed by atoms with Crippen molar-refractivity contribution in [2.75, 3.05) is 4.90 Å². The van der Waals surface area contributed by atoms with E-state index in [2.05, 4.69) is 144 Å². The van der Waals surface area contributed by atoms with Crippen LogP contribution in [0.4, 0.5) is 17.1 Å². The molecule has 0 fully saturated rings. The van der Waals surface area contributed by atoms with E-state index in [1.807, 2.05) is 48.5 Å². The lowest BCUT2D eigenvalue weighted by Crippen LogP contribution is -2.09. The van der Waals surface area contributed by atoms with Gasteiger partial charge in [-0.25, -0.2) is 9.97 Å². The van der Waals surface area contributed by atoms with E-state index in [4.69, 9.17) is 9.97 Å². The van der Waals surface area contributed by atoms with Crippen LogP contribution < -0.4 is 4.90 Å². The summed E-state index contributed by atoms with van der Waals surface area (Å²) in [6.45, 7) is 0. The third-order valence-corrected chi connectivity index (χ3v) is 8.48. The van der Waals surface area contributed by atoms with Crippen molar-refractivity contribution in [2.45, 2.75) is 0 Å². The molecule has 0 N–H and O–H groups in total. The summed E-state index contributed by atoms with van der Waals surface area (Å²) in [6.07, 6.45) is 0. The van der Waals surface area contributed by atoms with Crippen molar-refractivity contribution in [1.29, 1.82) is 0 Å². The Bertz CT molecular complexity index is 2250. The highest BCUT2D eigenvalue weighted by molar-refractivity contribution is 5.87. The normalized spacial score (nSPS) is 11.0. The van der Waals surface area contributed by atoms with Crippen molar-refractivity contribution in [1.82, 2.24) is 9.97 Å². The maximum Gasteiger partial charge on any atom is 0.0973 e. The van der Waals surface area contributed by atoms with Crippen LogP contribution in [0.2, 0.25) is 0 Å². The summed E-state index contributed by atoms with van der Waals surface area (Å²) in [5.41, 5.74) is 13.6. The smallest absolute Gasteiger partial charge is 0.0973 e. The predicted molar refractivity (Wildman–Crippen MR) is 196 cm³/mol. The van der Waals surface area contributed by atoms with Crippen LogP contribution in [0.25, 0.3) is 55.8 Å². The number of hydrogen-bond donors (Lipinski definition) is 0. The van der Waals surface area contributed by atoms with Crippen LogP contribution in [0, 0.1) is 0 Å². The van der Waals surface area contributed by atoms with Crippen LogP contribution in [-0.4, -0.2) is 9.97 Å². The molecule has 222 valence electrons. The maximum atomic E-state index is 5.10. The van der Waals surface area contributed by atoms with Crippen LogP contribution in [0.5, 0.6) is 0 Å². The van der Waals surface area contributed by atoms with Crippen LogP contribution in [0.15, 0.2) is 188 Å². The topological polar surface area (TPSA) is 29.0 Å². The van der Waals surface area contributed by atoms with Crippen molar-refractivity contribution in [3.63, 3.8) is 0 Å². The maximum absolute atomic E-state index is 5.10. The fourth-order valence-corrected chi connectivity index (χ4v) is 6.08. The van der Waals surface area contributed by atoms with E-state index in [0.717, 1.165) is 50.6 Å². The van der Waals surface area contributed by atoms with E-state index in [1.165, 1.54) is 22.3 Å². The minimum absolute atomic E-state index is 0.871. The summed E-state index contributed by atoms with van der Waals surface area (Å²) >= 11 is 0. The molecule has 0 amide bonds. The van der Waals surface area contributed by atoms with E-state index in [0.29, 0.717) is 0 Å². The van der Waals surface area contributed by atoms with E-state index >= 15 is 0 Å². The molecule has 47 heavy (non-hydrogen) atoms. The highest BCUT2D eigenvalue weighted by Crippen LogP contribution is 2.38. The van der Waals surface area contributed by atoms with Crippen molar-refractivity contribution >= 4 is 28.1 Å². The number of benzene rings is 7. The second-order valence-electron chi connectivity index (χ2n) is 11.5. The molecule has 1 heterocycles. The lowest BCUT2D eigenvalue weighted by molar-refractivity contribution is 1.27. The molecule has 7 aromatic carbocycles. The van der Waals surface area contributed by atoms with Crippen LogP contribution in [0.3, 0.4) is 0 Å². The summed E-state index contributed by atoms with van der Waals surface area (Å²) in [4.78, 5) is 12.4. The third kappa shape index (κ3) is 5.79. The molecular weight excluding hydrogens is 571 g/mol. The Morgan fingerprint density at radius 3 is 1.02 bits per heavy atom. The second-order valence-corrected chi connectivity index (χ2v) is 11.5. The van der Waals surface area contributed by atoms with Gasteiger partial charge in [0.15, 0.2) is 0 Å². The summed E-state index contributed by atoms with van der Waals surface area (Å²) in [7, 11) is 0. The molecule has 3 nitrogen and oxygen atoms in total. The predicted octanol–water partition coefficient (Wildman–Crippen LogP) is 11.8. The number of rotatable bonds is 7. The van der Waals surface area contributed by atoms with Gasteiger partial charge in [-0.05, 0) is 70.8 Å². The molecule has 8 aromatic rings. The number of hydrogen-bond acceptors (Lipinski definition) is 3. The van der Waals surface area contributed by atoms with Crippen molar-refractivity contribution in [3.05, 3.63) is 188 Å². The number of para-hydroxylation sites is 3. The molecule has 0 unspecified atom stereocenters. The Morgan fingerprint density at radius 1 is 0.255 bits per heavy atom. The van der Waals surface area contributed by atoms with Gasteiger partial charge in [0.05, 0.1) is 22.4 Å². The Balaban J connectivity index is 1.14. The summed E-state index contributed by atoms with van der Waals surface area (Å²) in [5, 5.41) is 0. The largest absolute Gasteiger partial charge is 0.311 e. The van der Waals surface area contributed by atoms with Crippen LogP contribution in [0.1, 0.15) is 0 Å². The van der Waals surface area contributed by atoms with Gasteiger partial charge in [0.1, 0.15) is 0 Å². The first-order valence-electron chi connectivity index (χ1n) is 15.8. The monoisotopic (exact) mass is 601 g/mol. The van der Waals surface area contributed by atoms with Gasteiger partial charge in [-0.1, -0.05) is 140 Å². The minimum Gasteiger partial charge on any atom is -0.311 e. The lowest BCUT2D eigenvalue weighted by Gasteiger charge is -2.26. The van der Waals surface area contributed by atoms with Gasteiger partial charge in [0.25, 0.3) is 0 Å². The average Bonchev–Trinajstić information content (AvgIpc) is 3.16. The fourth-order valence-electron chi connectivity index (χ4n) is 6.08. The van der Waals surface area contributed by atoms with Gasteiger partial charge < -0.3 is 4.90 Å². The molecule has 0 aliphatic rings. The lowest BCUT2D eigenvalue weighted by atomic mass is 10.00. The summed E-state index contributed by atoms with van der Waals surface area (Å²) < 4.78 is 0. The highest BCUT2D eigenvalue weighted by Gasteiger charge is 2.16. The molecule has 0 aliphatic heterocycles. The van der Waals surface area contributed by atoms with Crippen molar-refractivity contribution < 1.29 is 0 Å². The first kappa shape index (κ1) is 28.2. The standard InChI is InChI=1S/C44H31N3/c1-4-12-32(13-5-1)33-20-22-34(23-21-33)35-24-28-39(29-25-35)47(38-16-8-3-9-17-38)40-30-26-37(27-31-40)44-43(36-14-6-2-7-15-36)45-41-18-10-11-19-42(41)46-44/h1-31H. The van der Waals surface area contributed by atoms with E-state index in [9.17, 15) is 0 Å². The first-order valence-corrected chi connectivity index (χ1v) is 15.8. The zero-order valence-corrected chi connectivity index (χ0v) is 25.7. The zero-order valence-electron chi connectivity index (χ0n) is 25.7. The molecule has 0 radical (unpaired) electrons. The molecule has 0 saturated carbocycles. The number of aromatic nitrogens is 2. The van der Waals surface area contributed by atoms with Gasteiger partial charge in [-0.3, -0.25) is 0 Å². The van der Waals surface area contributed by atoms with Gasteiger partial charge in [0, 0.05) is 28.2 Å². The number of fused-ring (bicyclic) bond motifs is 1. The molecule has 1 aromatic heterocycles. The fraction of sp³-hybridized carbons (Fsp3) is 0. The number of nitrogens with zero attached hydrogens (tertiary/aromatic N) is 3. The minimum atomic E-state index is 0.871. The van der Waals surface area contributed by atoms with Crippen LogP contribution >= 0.6 is 0 Å². The Hall–Kier alpha value is -6.32. The van der Waals surface area contributed by atoms with Gasteiger partial charge in [-0.2, -0.15) is 0 Å². The second kappa shape index (κ2) is 12.6. The molecule has 0 atom stereocenters. The molecule has 0 bridgehead atoms. The summed E-state index contributed by atoms with van der Waals surface area (Å²) in [5.74, 6) is 0.